The molecule has 2 fully saturated rings. The van der Waals surface area contributed by atoms with Crippen LogP contribution in [0.25, 0.3) is 10.9 Å². The highest BCUT2D eigenvalue weighted by Crippen LogP contribution is 2.43. The Labute approximate surface area is 224 Å². The molecule has 1 saturated heterocycles. The Balaban J connectivity index is 0.00000280. The van der Waals surface area contributed by atoms with Gasteiger partial charge < -0.3 is 9.80 Å². The molecule has 1 aromatic heterocycles. The predicted molar refractivity (Wildman–Crippen MR) is 151 cm³/mol. The van der Waals surface area contributed by atoms with Crippen LogP contribution in [0, 0.1) is 5.41 Å². The lowest BCUT2D eigenvalue weighted by atomic mass is 9.71. The van der Waals surface area contributed by atoms with E-state index in [1.165, 1.54) is 12.1 Å². The number of halogens is 1. The van der Waals surface area contributed by atoms with E-state index in [0.717, 1.165) is 57.4 Å². The first-order valence-corrected chi connectivity index (χ1v) is 13.3. The number of carbonyl (C=O) groups is 1. The highest BCUT2D eigenvalue weighted by Gasteiger charge is 2.41. The molecule has 6 rings (SSSR count). The second kappa shape index (κ2) is 10.5. The third kappa shape index (κ3) is 4.99. The van der Waals surface area contributed by atoms with Crippen molar-refractivity contribution in [2.75, 3.05) is 43.0 Å². The van der Waals surface area contributed by atoms with Crippen LogP contribution in [0.1, 0.15) is 44.1 Å². The van der Waals surface area contributed by atoms with E-state index in [0.29, 0.717) is 36.4 Å². The van der Waals surface area contributed by atoms with E-state index < -0.39 is 0 Å². The standard InChI is InChI=1S/C29H35N5O2.ClH/c1-31-15-17-32(18-16-31)23-11-9-22(10-12-23)20-33-26(35)19-29(13-5-2-6-14-29)21-34-27(36)24-7-3-4-8-25(24)30-28(33)34;/h3-4,7-12H,2,5-6,13-21H2,1H3;1H. The quantitative estimate of drug-likeness (QED) is 0.509. The maximum Gasteiger partial charge on any atom is 0.262 e. The highest BCUT2D eigenvalue weighted by molar-refractivity contribution is 5.93. The van der Waals surface area contributed by atoms with Gasteiger partial charge in [-0.1, -0.05) is 43.5 Å². The number of hydrogen-bond acceptors (Lipinski definition) is 5. The van der Waals surface area contributed by atoms with Crippen LogP contribution in [0.4, 0.5) is 11.6 Å². The van der Waals surface area contributed by atoms with Crippen molar-refractivity contribution in [2.24, 2.45) is 5.41 Å². The van der Waals surface area contributed by atoms with Crippen molar-refractivity contribution in [3.05, 3.63) is 64.4 Å². The number of carbonyl (C=O) groups excluding carboxylic acids is 1. The molecule has 1 saturated carbocycles. The average Bonchev–Trinajstić information content (AvgIpc) is 3.00. The van der Waals surface area contributed by atoms with Crippen molar-refractivity contribution in [1.29, 1.82) is 0 Å². The van der Waals surface area contributed by atoms with Crippen molar-refractivity contribution >= 4 is 40.9 Å². The molecule has 7 nitrogen and oxygen atoms in total. The number of hydrogen-bond donors (Lipinski definition) is 0. The molecule has 0 N–H and O–H groups in total. The number of para-hydroxylation sites is 1. The van der Waals surface area contributed by atoms with Crippen LogP contribution in [0.3, 0.4) is 0 Å². The molecule has 0 radical (unpaired) electrons. The largest absolute Gasteiger partial charge is 0.369 e. The fraction of sp³-hybridized carbons (Fsp3) is 0.483. The first kappa shape index (κ1) is 25.7. The zero-order valence-corrected chi connectivity index (χ0v) is 22.4. The molecule has 0 unspecified atom stereocenters. The number of benzene rings is 2. The highest BCUT2D eigenvalue weighted by atomic mass is 35.5. The topological polar surface area (TPSA) is 61.7 Å². The minimum absolute atomic E-state index is 0. The van der Waals surface area contributed by atoms with Gasteiger partial charge in [-0.05, 0) is 55.1 Å². The van der Waals surface area contributed by atoms with E-state index in [1.807, 2.05) is 24.3 Å². The summed E-state index contributed by atoms with van der Waals surface area (Å²) >= 11 is 0. The first-order valence-electron chi connectivity index (χ1n) is 13.3. The number of likely N-dealkylation sites (N-methyl/N-ethyl adjacent to an activating group) is 1. The zero-order valence-electron chi connectivity index (χ0n) is 21.6. The maximum atomic E-state index is 13.8. The van der Waals surface area contributed by atoms with Gasteiger partial charge in [-0.25, -0.2) is 4.98 Å². The Bertz CT molecular complexity index is 1320. The van der Waals surface area contributed by atoms with Crippen molar-refractivity contribution in [3.8, 4) is 0 Å². The second-order valence-corrected chi connectivity index (χ2v) is 11.0. The SMILES string of the molecule is CN1CCN(c2ccc(CN3C(=O)CC4(CCCCC4)Cn4c3nc3ccccc3c4=O)cc2)CC1.Cl. The van der Waals surface area contributed by atoms with Gasteiger partial charge in [0.1, 0.15) is 0 Å². The van der Waals surface area contributed by atoms with Crippen molar-refractivity contribution in [1.82, 2.24) is 14.5 Å². The Morgan fingerprint density at radius 1 is 0.892 bits per heavy atom. The van der Waals surface area contributed by atoms with Crippen molar-refractivity contribution in [3.63, 3.8) is 0 Å². The summed E-state index contributed by atoms with van der Waals surface area (Å²) in [7, 11) is 2.16. The summed E-state index contributed by atoms with van der Waals surface area (Å²) in [6, 6.07) is 16.0. The Morgan fingerprint density at radius 3 is 2.32 bits per heavy atom. The van der Waals surface area contributed by atoms with Crippen LogP contribution in [-0.4, -0.2) is 53.6 Å². The monoisotopic (exact) mass is 521 g/mol. The lowest BCUT2D eigenvalue weighted by Crippen LogP contribution is -2.44. The van der Waals surface area contributed by atoms with Gasteiger partial charge in [0, 0.05) is 44.8 Å². The van der Waals surface area contributed by atoms with Gasteiger partial charge in [-0.2, -0.15) is 0 Å². The van der Waals surface area contributed by atoms with Crippen LogP contribution in [0.15, 0.2) is 53.3 Å². The van der Waals surface area contributed by atoms with E-state index in [9.17, 15) is 9.59 Å². The molecule has 3 aromatic rings. The number of aromatic nitrogens is 2. The zero-order chi connectivity index (χ0) is 24.7. The Morgan fingerprint density at radius 2 is 1.59 bits per heavy atom. The molecule has 37 heavy (non-hydrogen) atoms. The van der Waals surface area contributed by atoms with Crippen LogP contribution in [-0.2, 0) is 17.9 Å². The third-order valence-corrected chi connectivity index (χ3v) is 8.46. The third-order valence-electron chi connectivity index (χ3n) is 8.46. The summed E-state index contributed by atoms with van der Waals surface area (Å²) in [4.78, 5) is 38.9. The van der Waals surface area contributed by atoms with Gasteiger partial charge >= 0.3 is 0 Å². The number of amides is 1. The van der Waals surface area contributed by atoms with E-state index in [4.69, 9.17) is 4.98 Å². The lowest BCUT2D eigenvalue weighted by Gasteiger charge is -2.35. The van der Waals surface area contributed by atoms with Gasteiger partial charge in [0.25, 0.3) is 5.56 Å². The first-order chi connectivity index (χ1) is 17.5. The number of fused-ring (bicyclic) bond motifs is 2. The Kier molecular flexibility index (Phi) is 7.28. The number of anilines is 2. The van der Waals surface area contributed by atoms with Crippen LogP contribution in [0.2, 0.25) is 0 Å². The molecular weight excluding hydrogens is 486 g/mol. The summed E-state index contributed by atoms with van der Waals surface area (Å²) in [6.07, 6.45) is 5.90. The lowest BCUT2D eigenvalue weighted by molar-refractivity contribution is -0.121. The van der Waals surface area contributed by atoms with E-state index in [2.05, 4.69) is 41.1 Å². The molecule has 1 aliphatic carbocycles. The molecule has 196 valence electrons. The fourth-order valence-corrected chi connectivity index (χ4v) is 6.28. The molecule has 1 spiro atoms. The summed E-state index contributed by atoms with van der Waals surface area (Å²) in [5, 5.41) is 0.623. The van der Waals surface area contributed by atoms with Gasteiger partial charge in [-0.3, -0.25) is 19.1 Å². The van der Waals surface area contributed by atoms with Gasteiger partial charge in [0.15, 0.2) is 0 Å². The minimum Gasteiger partial charge on any atom is -0.369 e. The van der Waals surface area contributed by atoms with E-state index in [1.54, 1.807) is 9.47 Å². The van der Waals surface area contributed by atoms with Gasteiger partial charge in [-0.15, -0.1) is 12.4 Å². The molecule has 8 heteroatoms. The van der Waals surface area contributed by atoms with E-state index in [-0.39, 0.29) is 29.3 Å². The molecule has 2 aliphatic heterocycles. The predicted octanol–water partition coefficient (Wildman–Crippen LogP) is 4.46. The summed E-state index contributed by atoms with van der Waals surface area (Å²) in [5.74, 6) is 0.572. The summed E-state index contributed by atoms with van der Waals surface area (Å²) in [5.41, 5.74) is 2.73. The van der Waals surface area contributed by atoms with Crippen LogP contribution >= 0.6 is 12.4 Å². The molecule has 0 bridgehead atoms. The average molecular weight is 522 g/mol. The number of piperazine rings is 1. The fourth-order valence-electron chi connectivity index (χ4n) is 6.28. The summed E-state index contributed by atoms with van der Waals surface area (Å²) < 4.78 is 1.80. The van der Waals surface area contributed by atoms with Crippen LogP contribution in [0.5, 0.6) is 0 Å². The van der Waals surface area contributed by atoms with Gasteiger partial charge in [0.2, 0.25) is 11.9 Å². The van der Waals surface area contributed by atoms with Crippen LogP contribution < -0.4 is 15.4 Å². The summed E-state index contributed by atoms with van der Waals surface area (Å²) in [6.45, 7) is 5.17. The number of nitrogens with zero attached hydrogens (tertiary/aromatic N) is 5. The number of rotatable bonds is 3. The molecular formula is C29H36ClN5O2. The molecule has 1 amide bonds. The van der Waals surface area contributed by atoms with Crippen molar-refractivity contribution < 1.29 is 4.79 Å². The molecule has 3 heterocycles. The molecule has 0 atom stereocenters. The second-order valence-electron chi connectivity index (χ2n) is 11.0. The molecule has 3 aliphatic rings. The van der Waals surface area contributed by atoms with Crippen molar-refractivity contribution in [2.45, 2.75) is 51.6 Å². The minimum atomic E-state index is -0.155. The maximum absolute atomic E-state index is 13.8. The smallest absolute Gasteiger partial charge is 0.262 e. The molecule has 2 aromatic carbocycles. The van der Waals surface area contributed by atoms with Gasteiger partial charge in [0.05, 0.1) is 17.4 Å². The normalized spacial score (nSPS) is 20.0. The van der Waals surface area contributed by atoms with E-state index >= 15 is 0 Å². The Hall–Kier alpha value is -2.90.